The Balaban J connectivity index is 1.95. The van der Waals surface area contributed by atoms with E-state index in [0.717, 1.165) is 0 Å². The number of hydrogen-bond donors (Lipinski definition) is 1. The van der Waals surface area contributed by atoms with Crippen molar-refractivity contribution in [1.82, 2.24) is 0 Å². The van der Waals surface area contributed by atoms with Gasteiger partial charge in [0, 0.05) is 5.92 Å². The number of hydrogen-bond acceptors (Lipinski definition) is 3. The van der Waals surface area contributed by atoms with E-state index >= 15 is 0 Å². The Morgan fingerprint density at radius 3 is 2.09 bits per heavy atom. The maximum absolute atomic E-state index is 13.2. The standard InChI is InChI=1S/C22H20F6O4/c1-12(14-9-15(21(23,24)25)11-16(10-14)22(26,27)28)32-20-18(13-5-3-2-4-6-13)17(19(29)30)7-8-31-20/h2-6,9-12,17-18,20H,7-8H2,1H3,(H,29,30)/t12-,17-,18+,20-/m1/s1. The third kappa shape index (κ3) is 5.42. The fourth-order valence-corrected chi connectivity index (χ4v) is 3.74. The Bertz CT molecular complexity index is 909. The monoisotopic (exact) mass is 462 g/mol. The SMILES string of the molecule is C[C@@H](O[C@H]1OCC[C@@H](C(=O)O)[C@@H]1c1ccccc1)c1cc(C(F)(F)F)cc(C(F)(F)F)c1. The van der Waals surface area contributed by atoms with Crippen molar-refractivity contribution in [3.63, 3.8) is 0 Å². The summed E-state index contributed by atoms with van der Waals surface area (Å²) in [6, 6.07) is 9.66. The fraction of sp³-hybridized carbons (Fsp3) is 0.409. The summed E-state index contributed by atoms with van der Waals surface area (Å²) in [4.78, 5) is 11.8. The highest BCUT2D eigenvalue weighted by atomic mass is 19.4. The van der Waals surface area contributed by atoms with E-state index in [9.17, 15) is 36.2 Å². The van der Waals surface area contributed by atoms with Crippen LogP contribution in [0.15, 0.2) is 48.5 Å². The van der Waals surface area contributed by atoms with Crippen LogP contribution in [-0.2, 0) is 26.6 Å². The molecule has 0 aliphatic carbocycles. The molecule has 0 saturated carbocycles. The lowest BCUT2D eigenvalue weighted by atomic mass is 9.82. The van der Waals surface area contributed by atoms with E-state index < -0.39 is 53.7 Å². The molecule has 2 aromatic rings. The number of ether oxygens (including phenoxy) is 2. The second-order valence-corrected chi connectivity index (χ2v) is 7.53. The van der Waals surface area contributed by atoms with E-state index in [1.807, 2.05) is 0 Å². The van der Waals surface area contributed by atoms with E-state index in [4.69, 9.17) is 9.47 Å². The van der Waals surface area contributed by atoms with Crippen LogP contribution in [-0.4, -0.2) is 24.0 Å². The lowest BCUT2D eigenvalue weighted by Gasteiger charge is -2.37. The number of alkyl halides is 6. The zero-order chi connectivity index (χ0) is 23.7. The summed E-state index contributed by atoms with van der Waals surface area (Å²) in [6.07, 6.45) is -12.2. The first-order chi connectivity index (χ1) is 14.9. The van der Waals surface area contributed by atoms with Crippen LogP contribution >= 0.6 is 0 Å². The minimum Gasteiger partial charge on any atom is -0.481 e. The van der Waals surface area contributed by atoms with E-state index in [-0.39, 0.29) is 24.7 Å². The second kappa shape index (κ2) is 9.11. The van der Waals surface area contributed by atoms with Crippen molar-refractivity contribution in [1.29, 1.82) is 0 Å². The van der Waals surface area contributed by atoms with Crippen molar-refractivity contribution in [2.75, 3.05) is 6.61 Å². The molecule has 0 radical (unpaired) electrons. The third-order valence-corrected chi connectivity index (χ3v) is 5.36. The molecule has 0 spiro atoms. The Kier molecular flexibility index (Phi) is 6.85. The van der Waals surface area contributed by atoms with Crippen LogP contribution < -0.4 is 0 Å². The summed E-state index contributed by atoms with van der Waals surface area (Å²) in [5.41, 5.74) is -2.67. The Labute approximate surface area is 179 Å². The molecule has 4 atom stereocenters. The van der Waals surface area contributed by atoms with Crippen molar-refractivity contribution in [3.05, 3.63) is 70.8 Å². The molecule has 0 unspecified atom stereocenters. The maximum atomic E-state index is 13.2. The van der Waals surface area contributed by atoms with Gasteiger partial charge in [-0.15, -0.1) is 0 Å². The van der Waals surface area contributed by atoms with Gasteiger partial charge in [0.2, 0.25) is 0 Å². The largest absolute Gasteiger partial charge is 0.481 e. The van der Waals surface area contributed by atoms with Crippen molar-refractivity contribution >= 4 is 5.97 Å². The number of halogens is 6. The first-order valence-corrected chi connectivity index (χ1v) is 9.72. The molecule has 10 heteroatoms. The van der Waals surface area contributed by atoms with Gasteiger partial charge in [-0.25, -0.2) is 0 Å². The summed E-state index contributed by atoms with van der Waals surface area (Å²) >= 11 is 0. The molecule has 0 bridgehead atoms. The molecule has 174 valence electrons. The number of carbonyl (C=O) groups is 1. The lowest BCUT2D eigenvalue weighted by molar-refractivity contribution is -0.213. The van der Waals surface area contributed by atoms with Gasteiger partial charge >= 0.3 is 18.3 Å². The van der Waals surface area contributed by atoms with Crippen LogP contribution in [0.1, 0.15) is 47.6 Å². The molecule has 3 rings (SSSR count). The number of rotatable bonds is 5. The van der Waals surface area contributed by atoms with Gasteiger partial charge < -0.3 is 14.6 Å². The second-order valence-electron chi connectivity index (χ2n) is 7.53. The van der Waals surface area contributed by atoms with Crippen molar-refractivity contribution < 1.29 is 45.7 Å². The molecule has 1 aliphatic heterocycles. The predicted molar refractivity (Wildman–Crippen MR) is 101 cm³/mol. The maximum Gasteiger partial charge on any atom is 0.416 e. The zero-order valence-electron chi connectivity index (χ0n) is 16.8. The van der Waals surface area contributed by atoms with Crippen LogP contribution in [0, 0.1) is 5.92 Å². The van der Waals surface area contributed by atoms with Crippen molar-refractivity contribution in [2.45, 2.75) is 44.0 Å². The van der Waals surface area contributed by atoms with Crippen LogP contribution in [0.3, 0.4) is 0 Å². The summed E-state index contributed by atoms with van der Waals surface area (Å²) in [7, 11) is 0. The Morgan fingerprint density at radius 2 is 1.59 bits per heavy atom. The molecule has 0 amide bonds. The molecule has 1 N–H and O–H groups in total. The quantitative estimate of drug-likeness (QED) is 0.551. The van der Waals surface area contributed by atoms with Gasteiger partial charge in [-0.05, 0) is 42.7 Å². The van der Waals surface area contributed by atoms with Gasteiger partial charge in [0.15, 0.2) is 6.29 Å². The zero-order valence-corrected chi connectivity index (χ0v) is 16.8. The van der Waals surface area contributed by atoms with Crippen LogP contribution in [0.25, 0.3) is 0 Å². The Hall–Kier alpha value is -2.59. The van der Waals surface area contributed by atoms with Crippen molar-refractivity contribution in [2.24, 2.45) is 5.92 Å². The molecule has 1 saturated heterocycles. The van der Waals surface area contributed by atoms with Gasteiger partial charge in [0.25, 0.3) is 0 Å². The smallest absolute Gasteiger partial charge is 0.416 e. The fourth-order valence-electron chi connectivity index (χ4n) is 3.74. The molecule has 1 aliphatic rings. The first kappa shape index (κ1) is 24.1. The highest BCUT2D eigenvalue weighted by Gasteiger charge is 2.42. The topological polar surface area (TPSA) is 55.8 Å². The summed E-state index contributed by atoms with van der Waals surface area (Å²) in [5.74, 6) is -2.78. The van der Waals surface area contributed by atoms with E-state index in [2.05, 4.69) is 0 Å². The molecule has 0 aromatic heterocycles. The molecule has 4 nitrogen and oxygen atoms in total. The number of benzene rings is 2. The first-order valence-electron chi connectivity index (χ1n) is 9.72. The highest BCUT2D eigenvalue weighted by molar-refractivity contribution is 5.71. The molecule has 1 fully saturated rings. The average Bonchev–Trinajstić information content (AvgIpc) is 2.72. The molecule has 1 heterocycles. The average molecular weight is 462 g/mol. The van der Waals surface area contributed by atoms with Gasteiger partial charge in [0.05, 0.1) is 29.8 Å². The number of carboxylic acid groups (broad SMARTS) is 1. The van der Waals surface area contributed by atoms with Gasteiger partial charge in [-0.2, -0.15) is 26.3 Å². The highest BCUT2D eigenvalue weighted by Crippen LogP contribution is 2.41. The predicted octanol–water partition coefficient (Wildman–Crippen LogP) is 6.03. The normalized spacial score (nSPS) is 23.0. The van der Waals surface area contributed by atoms with Gasteiger partial charge in [-0.3, -0.25) is 4.79 Å². The Morgan fingerprint density at radius 1 is 1.03 bits per heavy atom. The van der Waals surface area contributed by atoms with Crippen molar-refractivity contribution in [3.8, 4) is 0 Å². The third-order valence-electron chi connectivity index (χ3n) is 5.36. The van der Waals surface area contributed by atoms with Gasteiger partial charge in [-0.1, -0.05) is 30.3 Å². The van der Waals surface area contributed by atoms with E-state index in [1.165, 1.54) is 6.92 Å². The molecular weight excluding hydrogens is 442 g/mol. The molecular formula is C22H20F6O4. The molecule has 32 heavy (non-hydrogen) atoms. The van der Waals surface area contributed by atoms with E-state index in [1.54, 1.807) is 30.3 Å². The summed E-state index contributed by atoms with van der Waals surface area (Å²) in [5, 5.41) is 9.63. The minimum absolute atomic E-state index is 0.0219. The van der Waals surface area contributed by atoms with Crippen LogP contribution in [0.5, 0.6) is 0 Å². The summed E-state index contributed by atoms with van der Waals surface area (Å²) < 4.78 is 90.4. The molecule has 2 aromatic carbocycles. The van der Waals surface area contributed by atoms with E-state index in [0.29, 0.717) is 17.7 Å². The summed E-state index contributed by atoms with van der Waals surface area (Å²) in [6.45, 7) is 1.32. The minimum atomic E-state index is -4.99. The van der Waals surface area contributed by atoms with Crippen LogP contribution in [0.2, 0.25) is 0 Å². The number of carboxylic acids is 1. The lowest BCUT2D eigenvalue weighted by Crippen LogP contribution is -2.40. The van der Waals surface area contributed by atoms with Gasteiger partial charge in [0.1, 0.15) is 0 Å². The number of aliphatic carboxylic acids is 1. The van der Waals surface area contributed by atoms with Crippen LogP contribution in [0.4, 0.5) is 26.3 Å².